The molecule has 16 heavy (non-hydrogen) atoms. The number of nitrogens with zero attached hydrogens (tertiary/aromatic N) is 2. The lowest BCUT2D eigenvalue weighted by Crippen LogP contribution is -2.38. The van der Waals surface area contributed by atoms with Crippen LogP contribution in [-0.4, -0.2) is 36.7 Å². The Bertz CT molecular complexity index is 322. The van der Waals surface area contributed by atoms with E-state index in [2.05, 4.69) is 15.4 Å². The van der Waals surface area contributed by atoms with Crippen LogP contribution in [0.15, 0.2) is 10.6 Å². The van der Waals surface area contributed by atoms with Crippen LogP contribution in [0.25, 0.3) is 0 Å². The van der Waals surface area contributed by atoms with Crippen molar-refractivity contribution in [2.24, 2.45) is 5.92 Å². The Hall–Kier alpha value is -0.870. The van der Waals surface area contributed by atoms with E-state index in [0.29, 0.717) is 0 Å². The van der Waals surface area contributed by atoms with Crippen LogP contribution in [0.3, 0.4) is 0 Å². The van der Waals surface area contributed by atoms with Crippen LogP contribution in [0.1, 0.15) is 24.3 Å². The van der Waals surface area contributed by atoms with Gasteiger partial charge in [0.1, 0.15) is 5.76 Å². The van der Waals surface area contributed by atoms with Gasteiger partial charge in [-0.15, -0.1) is 0 Å². The predicted molar refractivity (Wildman–Crippen MR) is 63.2 cm³/mol. The summed E-state index contributed by atoms with van der Waals surface area (Å²) in [5.74, 6) is 1.69. The number of aromatic nitrogens is 1. The van der Waals surface area contributed by atoms with Gasteiger partial charge in [0.2, 0.25) is 0 Å². The maximum Gasteiger partial charge on any atom is 0.133 e. The van der Waals surface area contributed by atoms with E-state index in [1.165, 1.54) is 25.9 Å². The van der Waals surface area contributed by atoms with Gasteiger partial charge in [-0.3, -0.25) is 4.90 Å². The zero-order chi connectivity index (χ0) is 11.4. The number of rotatable bonds is 4. The number of nitrogens with one attached hydrogen (secondary N) is 1. The van der Waals surface area contributed by atoms with Gasteiger partial charge in [-0.1, -0.05) is 5.16 Å². The topological polar surface area (TPSA) is 41.3 Å². The van der Waals surface area contributed by atoms with E-state index in [9.17, 15) is 0 Å². The maximum absolute atomic E-state index is 5.09. The fraction of sp³-hybridized carbons (Fsp3) is 0.750. The third kappa shape index (κ3) is 3.06. The lowest BCUT2D eigenvalue weighted by molar-refractivity contribution is 0.163. The highest BCUT2D eigenvalue weighted by Gasteiger charge is 2.19. The van der Waals surface area contributed by atoms with Gasteiger partial charge in [-0.25, -0.2) is 0 Å². The first-order valence-electron chi connectivity index (χ1n) is 6.07. The number of aryl methyl sites for hydroxylation is 1. The molecule has 1 aromatic heterocycles. The first kappa shape index (κ1) is 11.6. The molecule has 1 aliphatic rings. The van der Waals surface area contributed by atoms with Crippen LogP contribution in [-0.2, 0) is 6.54 Å². The lowest BCUT2D eigenvalue weighted by Gasteiger charge is -2.31. The van der Waals surface area contributed by atoms with Gasteiger partial charge in [0.05, 0.1) is 5.69 Å². The number of hydrogen-bond acceptors (Lipinski definition) is 4. The normalized spacial score (nSPS) is 22.5. The van der Waals surface area contributed by atoms with Crippen LogP contribution >= 0.6 is 0 Å². The fourth-order valence-electron chi connectivity index (χ4n) is 2.47. The summed E-state index contributed by atoms with van der Waals surface area (Å²) in [5, 5.41) is 7.31. The van der Waals surface area contributed by atoms with Crippen molar-refractivity contribution in [1.82, 2.24) is 15.4 Å². The third-order valence-corrected chi connectivity index (χ3v) is 3.16. The molecule has 1 aliphatic heterocycles. The van der Waals surface area contributed by atoms with Crippen molar-refractivity contribution in [2.45, 2.75) is 26.3 Å². The van der Waals surface area contributed by atoms with Gasteiger partial charge in [-0.05, 0) is 45.8 Å². The molecule has 0 amide bonds. The van der Waals surface area contributed by atoms with Crippen molar-refractivity contribution < 1.29 is 4.52 Å². The molecular formula is C12H21N3O. The molecule has 1 unspecified atom stereocenters. The average Bonchev–Trinajstić information content (AvgIpc) is 2.65. The molecule has 0 radical (unpaired) electrons. The van der Waals surface area contributed by atoms with Crippen LogP contribution in [0, 0.1) is 12.8 Å². The van der Waals surface area contributed by atoms with Crippen molar-refractivity contribution >= 4 is 0 Å². The fourth-order valence-corrected chi connectivity index (χ4v) is 2.47. The average molecular weight is 223 g/mol. The molecule has 90 valence electrons. The highest BCUT2D eigenvalue weighted by atomic mass is 16.5. The zero-order valence-corrected chi connectivity index (χ0v) is 10.2. The van der Waals surface area contributed by atoms with E-state index in [0.717, 1.165) is 30.5 Å². The standard InChI is InChI=1S/C12H21N3O/c1-10-6-12(14-16-10)9-15-5-3-4-11(8-15)7-13-2/h6,11,13H,3-5,7-9H2,1-2H3. The molecule has 1 atom stereocenters. The maximum atomic E-state index is 5.09. The van der Waals surface area contributed by atoms with Crippen LogP contribution in [0.4, 0.5) is 0 Å². The molecule has 4 nitrogen and oxygen atoms in total. The quantitative estimate of drug-likeness (QED) is 0.838. The van der Waals surface area contributed by atoms with E-state index >= 15 is 0 Å². The van der Waals surface area contributed by atoms with Crippen molar-refractivity contribution in [1.29, 1.82) is 0 Å². The van der Waals surface area contributed by atoms with Gasteiger partial charge in [-0.2, -0.15) is 0 Å². The van der Waals surface area contributed by atoms with Crippen molar-refractivity contribution in [3.05, 3.63) is 17.5 Å². The Morgan fingerprint density at radius 2 is 2.50 bits per heavy atom. The summed E-state index contributed by atoms with van der Waals surface area (Å²) in [6.07, 6.45) is 2.64. The SMILES string of the molecule is CNCC1CCCN(Cc2cc(C)on2)C1. The molecule has 0 spiro atoms. The number of likely N-dealkylation sites (tertiary alicyclic amines) is 1. The summed E-state index contributed by atoms with van der Waals surface area (Å²) in [5.41, 5.74) is 1.06. The Morgan fingerprint density at radius 1 is 1.62 bits per heavy atom. The molecule has 0 aliphatic carbocycles. The smallest absolute Gasteiger partial charge is 0.133 e. The van der Waals surface area contributed by atoms with Gasteiger partial charge < -0.3 is 9.84 Å². The van der Waals surface area contributed by atoms with Crippen molar-refractivity contribution in [3.63, 3.8) is 0 Å². The summed E-state index contributed by atoms with van der Waals surface area (Å²) < 4.78 is 5.09. The molecule has 0 bridgehead atoms. The lowest BCUT2D eigenvalue weighted by atomic mass is 9.98. The molecule has 1 fully saturated rings. The van der Waals surface area contributed by atoms with Crippen molar-refractivity contribution in [3.8, 4) is 0 Å². The summed E-state index contributed by atoms with van der Waals surface area (Å²) in [6, 6.07) is 2.03. The monoisotopic (exact) mass is 223 g/mol. The molecular weight excluding hydrogens is 202 g/mol. The van der Waals surface area contributed by atoms with Gasteiger partial charge in [0.15, 0.2) is 0 Å². The zero-order valence-electron chi connectivity index (χ0n) is 10.2. The van der Waals surface area contributed by atoms with E-state index < -0.39 is 0 Å². The van der Waals surface area contributed by atoms with E-state index in [1.807, 2.05) is 20.0 Å². The molecule has 0 aromatic carbocycles. The van der Waals surface area contributed by atoms with E-state index in [4.69, 9.17) is 4.52 Å². The highest BCUT2D eigenvalue weighted by Crippen LogP contribution is 2.17. The van der Waals surface area contributed by atoms with Crippen LogP contribution in [0.5, 0.6) is 0 Å². The van der Waals surface area contributed by atoms with Crippen LogP contribution < -0.4 is 5.32 Å². The predicted octanol–water partition coefficient (Wildman–Crippen LogP) is 1.41. The minimum absolute atomic E-state index is 0.784. The second-order valence-electron chi connectivity index (χ2n) is 4.73. The molecule has 2 heterocycles. The second-order valence-corrected chi connectivity index (χ2v) is 4.73. The van der Waals surface area contributed by atoms with Gasteiger partial charge >= 0.3 is 0 Å². The summed E-state index contributed by atoms with van der Waals surface area (Å²) >= 11 is 0. The molecule has 4 heteroatoms. The first-order chi connectivity index (χ1) is 7.78. The van der Waals surface area contributed by atoms with Crippen molar-refractivity contribution in [2.75, 3.05) is 26.7 Å². The third-order valence-electron chi connectivity index (χ3n) is 3.16. The molecule has 2 rings (SSSR count). The Kier molecular flexibility index (Phi) is 3.96. The minimum atomic E-state index is 0.784. The number of piperidine rings is 1. The van der Waals surface area contributed by atoms with Gasteiger partial charge in [0, 0.05) is 19.2 Å². The molecule has 1 aromatic rings. The second kappa shape index (κ2) is 5.46. The van der Waals surface area contributed by atoms with Crippen LogP contribution in [0.2, 0.25) is 0 Å². The number of hydrogen-bond donors (Lipinski definition) is 1. The molecule has 1 N–H and O–H groups in total. The Balaban J connectivity index is 1.85. The Labute approximate surface area is 97.0 Å². The first-order valence-corrected chi connectivity index (χ1v) is 6.07. The largest absolute Gasteiger partial charge is 0.361 e. The Morgan fingerprint density at radius 3 is 3.19 bits per heavy atom. The minimum Gasteiger partial charge on any atom is -0.361 e. The summed E-state index contributed by atoms with van der Waals surface area (Å²) in [4.78, 5) is 2.48. The summed E-state index contributed by atoms with van der Waals surface area (Å²) in [6.45, 7) is 6.35. The van der Waals surface area contributed by atoms with Gasteiger partial charge in [0.25, 0.3) is 0 Å². The van der Waals surface area contributed by atoms with E-state index in [1.54, 1.807) is 0 Å². The molecule has 1 saturated heterocycles. The highest BCUT2D eigenvalue weighted by molar-refractivity contribution is 5.03. The summed E-state index contributed by atoms with van der Waals surface area (Å²) in [7, 11) is 2.03. The van der Waals surface area contributed by atoms with E-state index in [-0.39, 0.29) is 0 Å². The molecule has 0 saturated carbocycles.